The van der Waals surface area contributed by atoms with Crippen molar-refractivity contribution in [3.8, 4) is 12.3 Å². The molecule has 3 atom stereocenters. The molecule has 0 radical (unpaired) electrons. The van der Waals surface area contributed by atoms with E-state index in [1.807, 2.05) is 0 Å². The number of hydrogen-bond acceptors (Lipinski definition) is 6. The molecule has 6 heteroatoms. The van der Waals surface area contributed by atoms with Gasteiger partial charge >= 0.3 is 11.9 Å². The molecule has 2 aliphatic heterocycles. The van der Waals surface area contributed by atoms with Gasteiger partial charge in [0.1, 0.15) is 25.4 Å². The van der Waals surface area contributed by atoms with Crippen LogP contribution in [-0.2, 0) is 28.5 Å². The molecular weight excluding hydrogens is 408 g/mol. The van der Waals surface area contributed by atoms with E-state index >= 15 is 0 Å². The summed E-state index contributed by atoms with van der Waals surface area (Å²) in [6.07, 6.45) is 22.8. The molecule has 32 heavy (non-hydrogen) atoms. The minimum Gasteiger partial charge on any atom is -0.463 e. The van der Waals surface area contributed by atoms with Gasteiger partial charge in [0.05, 0.1) is 13.2 Å². The highest BCUT2D eigenvalue weighted by Gasteiger charge is 2.24. The molecule has 0 bridgehead atoms. The van der Waals surface area contributed by atoms with Gasteiger partial charge in [0.2, 0.25) is 0 Å². The third-order valence-electron chi connectivity index (χ3n) is 5.67. The first-order valence-electron chi connectivity index (χ1n) is 12.3. The molecule has 6 nitrogen and oxygen atoms in total. The number of allylic oxidation sites excluding steroid dienone is 2. The Bertz CT molecular complexity index is 600. The van der Waals surface area contributed by atoms with Crippen molar-refractivity contribution in [3.63, 3.8) is 0 Å². The van der Waals surface area contributed by atoms with Crippen LogP contribution in [0.25, 0.3) is 0 Å². The highest BCUT2D eigenvalue weighted by Crippen LogP contribution is 2.16. The van der Waals surface area contributed by atoms with E-state index in [-0.39, 0.29) is 24.1 Å². The quantitative estimate of drug-likeness (QED) is 0.0880. The topological polar surface area (TPSA) is 77.7 Å². The summed E-state index contributed by atoms with van der Waals surface area (Å²) >= 11 is 0. The molecule has 0 saturated carbocycles. The number of carbonyl (C=O) groups is 2. The van der Waals surface area contributed by atoms with Crippen molar-refractivity contribution in [3.05, 3.63) is 12.2 Å². The summed E-state index contributed by atoms with van der Waals surface area (Å²) in [5, 5.41) is 0. The molecule has 2 aliphatic rings. The fourth-order valence-electron chi connectivity index (χ4n) is 3.39. The van der Waals surface area contributed by atoms with Gasteiger partial charge in [-0.2, -0.15) is 0 Å². The lowest BCUT2D eigenvalue weighted by molar-refractivity contribution is -0.145. The Kier molecular flexibility index (Phi) is 13.8. The van der Waals surface area contributed by atoms with Crippen molar-refractivity contribution >= 4 is 11.9 Å². The van der Waals surface area contributed by atoms with Crippen LogP contribution in [0.1, 0.15) is 83.5 Å². The predicted octanol–water partition coefficient (Wildman–Crippen LogP) is 4.75. The SMILES string of the molecule is C#CC(C/C=C/CCCCCCC(=O)OCC1CO1)CCCCCCC(=O)OCC1CO1. The predicted molar refractivity (Wildman–Crippen MR) is 123 cm³/mol. The van der Waals surface area contributed by atoms with Gasteiger partial charge in [-0.3, -0.25) is 9.59 Å². The monoisotopic (exact) mass is 448 g/mol. The van der Waals surface area contributed by atoms with Crippen molar-refractivity contribution in [2.45, 2.75) is 95.7 Å². The molecule has 3 unspecified atom stereocenters. The Labute approximate surface area is 193 Å². The second kappa shape index (κ2) is 16.7. The van der Waals surface area contributed by atoms with Crippen molar-refractivity contribution in [1.82, 2.24) is 0 Å². The van der Waals surface area contributed by atoms with E-state index in [9.17, 15) is 9.59 Å². The summed E-state index contributed by atoms with van der Waals surface area (Å²) in [4.78, 5) is 23.1. The number of unbranched alkanes of at least 4 members (excludes halogenated alkanes) is 7. The van der Waals surface area contributed by atoms with Gasteiger partial charge in [-0.15, -0.1) is 12.3 Å². The lowest BCUT2D eigenvalue weighted by Crippen LogP contribution is -2.09. The number of hydrogen-bond donors (Lipinski definition) is 0. The molecule has 2 saturated heterocycles. The molecule has 2 heterocycles. The number of rotatable bonds is 20. The summed E-state index contributed by atoms with van der Waals surface area (Å²) in [6, 6.07) is 0. The largest absolute Gasteiger partial charge is 0.463 e. The van der Waals surface area contributed by atoms with Crippen LogP contribution in [0.3, 0.4) is 0 Å². The van der Waals surface area contributed by atoms with Crippen LogP contribution in [0, 0.1) is 18.3 Å². The van der Waals surface area contributed by atoms with Crippen LogP contribution >= 0.6 is 0 Å². The van der Waals surface area contributed by atoms with Gasteiger partial charge in [-0.1, -0.05) is 44.3 Å². The molecule has 2 rings (SSSR count). The second-order valence-electron chi connectivity index (χ2n) is 8.75. The smallest absolute Gasteiger partial charge is 0.305 e. The number of epoxide rings is 2. The maximum atomic E-state index is 11.5. The van der Waals surface area contributed by atoms with Crippen LogP contribution in [0.2, 0.25) is 0 Å². The van der Waals surface area contributed by atoms with Gasteiger partial charge in [0.15, 0.2) is 0 Å². The Hall–Kier alpha value is -1.84. The molecule has 0 amide bonds. The molecule has 0 aromatic rings. The van der Waals surface area contributed by atoms with E-state index in [2.05, 4.69) is 18.1 Å². The average Bonchev–Trinajstić information content (AvgIpc) is 3.70. The third kappa shape index (κ3) is 15.0. The molecule has 0 aromatic heterocycles. The zero-order valence-electron chi connectivity index (χ0n) is 19.4. The molecule has 2 fully saturated rings. The summed E-state index contributed by atoms with van der Waals surface area (Å²) < 4.78 is 20.3. The van der Waals surface area contributed by atoms with Gasteiger partial charge in [-0.25, -0.2) is 0 Å². The first kappa shape index (κ1) is 26.4. The highest BCUT2D eigenvalue weighted by molar-refractivity contribution is 5.69. The highest BCUT2D eigenvalue weighted by atomic mass is 16.6. The second-order valence-corrected chi connectivity index (χ2v) is 8.75. The lowest BCUT2D eigenvalue weighted by atomic mass is 9.97. The Morgan fingerprint density at radius 3 is 1.91 bits per heavy atom. The minimum atomic E-state index is -0.117. The van der Waals surface area contributed by atoms with Crippen molar-refractivity contribution in [2.75, 3.05) is 26.4 Å². The van der Waals surface area contributed by atoms with Crippen LogP contribution < -0.4 is 0 Å². The molecule has 0 spiro atoms. The zero-order valence-corrected chi connectivity index (χ0v) is 19.4. The Morgan fingerprint density at radius 1 is 0.844 bits per heavy atom. The molecule has 0 N–H and O–H groups in total. The van der Waals surface area contributed by atoms with Crippen LogP contribution in [0.15, 0.2) is 12.2 Å². The van der Waals surface area contributed by atoms with Crippen LogP contribution in [-0.4, -0.2) is 50.6 Å². The number of terminal acetylenes is 1. The van der Waals surface area contributed by atoms with Crippen molar-refractivity contribution < 1.29 is 28.5 Å². The molecule has 180 valence electrons. The van der Waals surface area contributed by atoms with Crippen LogP contribution in [0.4, 0.5) is 0 Å². The van der Waals surface area contributed by atoms with E-state index in [0.717, 1.165) is 83.8 Å². The normalized spacial score (nSPS) is 20.0. The minimum absolute atomic E-state index is 0.109. The maximum absolute atomic E-state index is 11.5. The van der Waals surface area contributed by atoms with Gasteiger partial charge in [0.25, 0.3) is 0 Å². The van der Waals surface area contributed by atoms with Crippen LogP contribution in [0.5, 0.6) is 0 Å². The Morgan fingerprint density at radius 2 is 1.38 bits per heavy atom. The standard InChI is InChI=1S/C26H40O6/c1-2-22(15-11-8-9-13-17-26(28)32-21-24-19-30-24)14-10-6-4-3-5-7-12-16-25(27)31-20-23-18-29-23/h1,6,10,22-24H,3-5,7-9,11-21H2/b10-6+. The van der Waals surface area contributed by atoms with E-state index < -0.39 is 0 Å². The van der Waals surface area contributed by atoms with Gasteiger partial charge in [0, 0.05) is 18.8 Å². The van der Waals surface area contributed by atoms with E-state index in [4.69, 9.17) is 25.4 Å². The zero-order chi connectivity index (χ0) is 22.9. The van der Waals surface area contributed by atoms with E-state index in [1.54, 1.807) is 0 Å². The Balaban J connectivity index is 1.33. The molecule has 0 aliphatic carbocycles. The van der Waals surface area contributed by atoms with Gasteiger partial charge in [-0.05, 0) is 38.5 Å². The third-order valence-corrected chi connectivity index (χ3v) is 5.67. The number of ether oxygens (including phenoxy) is 4. The first-order chi connectivity index (χ1) is 15.7. The summed E-state index contributed by atoms with van der Waals surface area (Å²) in [5.41, 5.74) is 0. The molecule has 0 aromatic carbocycles. The van der Waals surface area contributed by atoms with E-state index in [0.29, 0.717) is 32.0 Å². The fourth-order valence-corrected chi connectivity index (χ4v) is 3.39. The van der Waals surface area contributed by atoms with Crippen molar-refractivity contribution in [2.24, 2.45) is 5.92 Å². The van der Waals surface area contributed by atoms with Gasteiger partial charge < -0.3 is 18.9 Å². The van der Waals surface area contributed by atoms with E-state index in [1.165, 1.54) is 0 Å². The first-order valence-corrected chi connectivity index (χ1v) is 12.3. The summed E-state index contributed by atoms with van der Waals surface area (Å²) in [5.74, 6) is 2.97. The summed E-state index contributed by atoms with van der Waals surface area (Å²) in [6.45, 7) is 2.26. The van der Waals surface area contributed by atoms with Crippen molar-refractivity contribution in [1.29, 1.82) is 0 Å². The maximum Gasteiger partial charge on any atom is 0.305 e. The lowest BCUT2D eigenvalue weighted by Gasteiger charge is -2.08. The number of esters is 2. The number of carbonyl (C=O) groups excluding carboxylic acids is 2. The molecular formula is C26H40O6. The summed E-state index contributed by atoms with van der Waals surface area (Å²) in [7, 11) is 0. The average molecular weight is 449 g/mol. The fraction of sp³-hybridized carbons (Fsp3) is 0.769.